The number of hydrogen-bond donors (Lipinski definition) is 2. The van der Waals surface area contributed by atoms with Crippen molar-refractivity contribution in [1.82, 2.24) is 9.97 Å². The van der Waals surface area contributed by atoms with Crippen LogP contribution in [0, 0.1) is 6.92 Å². The summed E-state index contributed by atoms with van der Waals surface area (Å²) in [4.78, 5) is 29.1. The largest absolute Gasteiger partial charge is 0.328 e. The van der Waals surface area contributed by atoms with E-state index < -0.39 is 0 Å². The van der Waals surface area contributed by atoms with Crippen LogP contribution in [-0.4, -0.2) is 15.9 Å². The van der Waals surface area contributed by atoms with Gasteiger partial charge in [0.25, 0.3) is 5.91 Å². The van der Waals surface area contributed by atoms with E-state index in [9.17, 15) is 9.59 Å². The van der Waals surface area contributed by atoms with Crippen molar-refractivity contribution < 1.29 is 4.79 Å². The Morgan fingerprint density at radius 1 is 1.29 bits per heavy atom. The predicted octanol–water partition coefficient (Wildman–Crippen LogP) is 1.33. The third-order valence-electron chi connectivity index (χ3n) is 2.22. The monoisotopic (exact) mass is 229 g/mol. The number of rotatable bonds is 2. The normalized spacial score (nSPS) is 9.94. The molecule has 0 atom stereocenters. The molecule has 0 spiro atoms. The average Bonchev–Trinajstić information content (AvgIpc) is 2.33. The Labute approximate surface area is 97.5 Å². The van der Waals surface area contributed by atoms with Gasteiger partial charge in [0.2, 0.25) is 5.56 Å². The molecular formula is C12H11N3O2. The topological polar surface area (TPSA) is 74.8 Å². The van der Waals surface area contributed by atoms with Gasteiger partial charge in [0.1, 0.15) is 0 Å². The van der Waals surface area contributed by atoms with E-state index in [0.717, 1.165) is 5.69 Å². The number of carbonyl (C=O) groups is 1. The second kappa shape index (κ2) is 4.61. The maximum Gasteiger partial charge on any atom is 0.257 e. The first-order valence-electron chi connectivity index (χ1n) is 5.08. The summed E-state index contributed by atoms with van der Waals surface area (Å²) < 4.78 is 0. The number of aromatic amines is 1. The number of pyridine rings is 2. The second-order valence-electron chi connectivity index (χ2n) is 3.58. The van der Waals surface area contributed by atoms with E-state index >= 15 is 0 Å². The van der Waals surface area contributed by atoms with E-state index in [-0.39, 0.29) is 11.5 Å². The minimum atomic E-state index is -0.285. The fraction of sp³-hybridized carbons (Fsp3) is 0.0833. The number of anilines is 1. The lowest BCUT2D eigenvalue weighted by Crippen LogP contribution is -2.14. The number of carbonyl (C=O) groups excluding carboxylic acids is 1. The van der Waals surface area contributed by atoms with Crippen molar-refractivity contribution in [3.8, 4) is 0 Å². The van der Waals surface area contributed by atoms with Crippen LogP contribution < -0.4 is 10.9 Å². The lowest BCUT2D eigenvalue weighted by atomic mass is 10.2. The van der Waals surface area contributed by atoms with Crippen molar-refractivity contribution in [2.24, 2.45) is 0 Å². The SMILES string of the molecule is Cc1ccc(NC(=O)c2ccc(=O)[nH]c2)cn1. The van der Waals surface area contributed by atoms with Crippen molar-refractivity contribution in [3.05, 3.63) is 58.3 Å². The Hall–Kier alpha value is -2.43. The molecule has 2 aromatic heterocycles. The Kier molecular flexibility index (Phi) is 3.00. The highest BCUT2D eigenvalue weighted by molar-refractivity contribution is 6.03. The standard InChI is InChI=1S/C12H11N3O2/c1-8-2-4-10(7-13-8)15-12(17)9-3-5-11(16)14-6-9/h2-7H,1H3,(H,14,16)(H,15,17). The number of nitrogens with one attached hydrogen (secondary N) is 2. The minimum Gasteiger partial charge on any atom is -0.328 e. The number of amides is 1. The van der Waals surface area contributed by atoms with Gasteiger partial charge in [-0.15, -0.1) is 0 Å². The summed E-state index contributed by atoms with van der Waals surface area (Å²) in [5, 5.41) is 2.68. The number of aromatic nitrogens is 2. The van der Waals surface area contributed by atoms with Crippen LogP contribution in [0.4, 0.5) is 5.69 Å². The van der Waals surface area contributed by atoms with Crippen LogP contribution in [0.15, 0.2) is 41.5 Å². The molecule has 0 aromatic carbocycles. The maximum absolute atomic E-state index is 11.7. The van der Waals surface area contributed by atoms with Gasteiger partial charge in [0, 0.05) is 18.0 Å². The molecule has 0 radical (unpaired) electrons. The molecule has 17 heavy (non-hydrogen) atoms. The molecule has 2 aromatic rings. The van der Waals surface area contributed by atoms with Gasteiger partial charge in [-0.1, -0.05) is 0 Å². The zero-order valence-electron chi connectivity index (χ0n) is 9.23. The Morgan fingerprint density at radius 2 is 2.12 bits per heavy atom. The van der Waals surface area contributed by atoms with Crippen LogP contribution in [-0.2, 0) is 0 Å². The quantitative estimate of drug-likeness (QED) is 0.815. The second-order valence-corrected chi connectivity index (χ2v) is 3.58. The molecule has 2 heterocycles. The molecule has 2 rings (SSSR count). The number of nitrogens with zero attached hydrogens (tertiary/aromatic N) is 1. The molecule has 86 valence electrons. The zero-order valence-corrected chi connectivity index (χ0v) is 9.23. The summed E-state index contributed by atoms with van der Waals surface area (Å²) in [6.07, 6.45) is 2.96. The van der Waals surface area contributed by atoms with Crippen LogP contribution in [0.5, 0.6) is 0 Å². The average molecular weight is 229 g/mol. The van der Waals surface area contributed by atoms with E-state index in [1.165, 1.54) is 18.3 Å². The molecule has 0 aliphatic heterocycles. The van der Waals surface area contributed by atoms with Crippen molar-refractivity contribution in [2.45, 2.75) is 6.92 Å². The molecule has 0 saturated carbocycles. The van der Waals surface area contributed by atoms with Gasteiger partial charge in [-0.05, 0) is 25.1 Å². The van der Waals surface area contributed by atoms with Crippen molar-refractivity contribution in [2.75, 3.05) is 5.32 Å². The van der Waals surface area contributed by atoms with Crippen LogP contribution >= 0.6 is 0 Å². The van der Waals surface area contributed by atoms with Gasteiger partial charge in [-0.25, -0.2) is 0 Å². The van der Waals surface area contributed by atoms with Gasteiger partial charge >= 0.3 is 0 Å². The molecule has 0 unspecified atom stereocenters. The number of aryl methyl sites for hydroxylation is 1. The smallest absolute Gasteiger partial charge is 0.257 e. The van der Waals surface area contributed by atoms with E-state index in [2.05, 4.69) is 15.3 Å². The molecule has 0 aliphatic rings. The fourth-order valence-corrected chi connectivity index (χ4v) is 1.30. The molecule has 2 N–H and O–H groups in total. The summed E-state index contributed by atoms with van der Waals surface area (Å²) in [6, 6.07) is 6.35. The zero-order chi connectivity index (χ0) is 12.3. The minimum absolute atomic E-state index is 0.237. The molecular weight excluding hydrogens is 218 g/mol. The van der Waals surface area contributed by atoms with Gasteiger partial charge in [-0.2, -0.15) is 0 Å². The Balaban J connectivity index is 2.14. The van der Waals surface area contributed by atoms with Crippen LogP contribution in [0.2, 0.25) is 0 Å². The molecule has 5 heteroatoms. The van der Waals surface area contributed by atoms with Gasteiger partial charge in [-0.3, -0.25) is 14.6 Å². The Bertz CT molecular complexity index is 567. The van der Waals surface area contributed by atoms with E-state index in [1.54, 1.807) is 12.3 Å². The highest BCUT2D eigenvalue weighted by atomic mass is 16.1. The third kappa shape index (κ3) is 2.78. The van der Waals surface area contributed by atoms with Crippen LogP contribution in [0.1, 0.15) is 16.1 Å². The van der Waals surface area contributed by atoms with Gasteiger partial charge < -0.3 is 10.3 Å². The summed E-state index contributed by atoms with van der Waals surface area (Å²) >= 11 is 0. The van der Waals surface area contributed by atoms with Crippen molar-refractivity contribution >= 4 is 11.6 Å². The summed E-state index contributed by atoms with van der Waals surface area (Å²) in [6.45, 7) is 1.87. The molecule has 5 nitrogen and oxygen atoms in total. The first kappa shape index (κ1) is 11.1. The highest BCUT2D eigenvalue weighted by Gasteiger charge is 2.05. The van der Waals surface area contributed by atoms with Crippen molar-refractivity contribution in [3.63, 3.8) is 0 Å². The van der Waals surface area contributed by atoms with E-state index in [4.69, 9.17) is 0 Å². The summed E-state index contributed by atoms with van der Waals surface area (Å²) in [5.41, 5.74) is 1.66. The lowest BCUT2D eigenvalue weighted by Gasteiger charge is -2.04. The van der Waals surface area contributed by atoms with E-state index in [1.807, 2.05) is 13.0 Å². The maximum atomic E-state index is 11.7. The molecule has 0 aliphatic carbocycles. The summed E-state index contributed by atoms with van der Waals surface area (Å²) in [7, 11) is 0. The first-order valence-corrected chi connectivity index (χ1v) is 5.08. The predicted molar refractivity (Wildman–Crippen MR) is 64.0 cm³/mol. The molecule has 0 saturated heterocycles. The summed E-state index contributed by atoms with van der Waals surface area (Å²) in [5.74, 6) is -0.285. The Morgan fingerprint density at radius 3 is 2.71 bits per heavy atom. The van der Waals surface area contributed by atoms with Crippen LogP contribution in [0.25, 0.3) is 0 Å². The van der Waals surface area contributed by atoms with Gasteiger partial charge in [0.15, 0.2) is 0 Å². The number of H-pyrrole nitrogens is 1. The third-order valence-corrected chi connectivity index (χ3v) is 2.22. The molecule has 1 amide bonds. The molecule has 0 bridgehead atoms. The van der Waals surface area contributed by atoms with Gasteiger partial charge in [0.05, 0.1) is 17.4 Å². The number of hydrogen-bond acceptors (Lipinski definition) is 3. The first-order chi connectivity index (χ1) is 8.15. The molecule has 0 fully saturated rings. The lowest BCUT2D eigenvalue weighted by molar-refractivity contribution is 0.102. The highest BCUT2D eigenvalue weighted by Crippen LogP contribution is 2.07. The van der Waals surface area contributed by atoms with Crippen molar-refractivity contribution in [1.29, 1.82) is 0 Å². The van der Waals surface area contributed by atoms with Crippen LogP contribution in [0.3, 0.4) is 0 Å². The van der Waals surface area contributed by atoms with E-state index in [0.29, 0.717) is 11.3 Å². The fourth-order valence-electron chi connectivity index (χ4n) is 1.30.